The Kier molecular flexibility index (Phi) is 4.57. The quantitative estimate of drug-likeness (QED) is 0.537. The van der Waals surface area contributed by atoms with E-state index in [9.17, 15) is 24.6 Å². The van der Waals surface area contributed by atoms with Crippen LogP contribution in [-0.4, -0.2) is 46.8 Å². The average Bonchev–Trinajstić information content (AvgIpc) is 2.32. The lowest BCUT2D eigenvalue weighted by atomic mass is 10.2. The second-order valence-corrected chi connectivity index (χ2v) is 5.05. The van der Waals surface area contributed by atoms with Crippen molar-refractivity contribution < 1.29 is 33.8 Å². The van der Waals surface area contributed by atoms with Crippen molar-refractivity contribution in [1.82, 2.24) is 0 Å². The molecule has 7 nitrogen and oxygen atoms in total. The number of hydrogen-bond donors (Lipinski definition) is 2. The molecule has 1 unspecified atom stereocenters. The van der Waals surface area contributed by atoms with Gasteiger partial charge in [-0.2, -0.15) is 11.8 Å². The van der Waals surface area contributed by atoms with Gasteiger partial charge in [0.2, 0.25) is 0 Å². The zero-order chi connectivity index (χ0) is 11.6. The molecule has 0 saturated carbocycles. The maximum Gasteiger partial charge on any atom is 0.191 e. The summed E-state index contributed by atoms with van der Waals surface area (Å²) in [6.07, 6.45) is -3.39. The van der Waals surface area contributed by atoms with Crippen molar-refractivity contribution in [3.63, 3.8) is 0 Å². The van der Waals surface area contributed by atoms with E-state index in [1.807, 2.05) is 0 Å². The lowest BCUT2D eigenvalue weighted by Crippen LogP contribution is -2.35. The van der Waals surface area contributed by atoms with Gasteiger partial charge in [-0.25, -0.2) is 0 Å². The molecule has 1 aliphatic rings. The van der Waals surface area contributed by atoms with Gasteiger partial charge in [0.1, 0.15) is 12.2 Å². The molecule has 1 aliphatic heterocycles. The molecule has 2 N–H and O–H groups in total. The Hall–Kier alpha value is 0.340. The van der Waals surface area contributed by atoms with Crippen molar-refractivity contribution in [2.45, 2.75) is 24.6 Å². The minimum atomic E-state index is -5.23. The van der Waals surface area contributed by atoms with E-state index in [1.165, 1.54) is 11.8 Å². The second kappa shape index (κ2) is 5.11. The molecule has 15 heavy (non-hydrogen) atoms. The van der Waals surface area contributed by atoms with Crippen LogP contribution in [0.3, 0.4) is 0 Å². The summed E-state index contributed by atoms with van der Waals surface area (Å²) in [5.74, 6) is 0.361. The van der Waals surface area contributed by atoms with Crippen molar-refractivity contribution in [2.24, 2.45) is 0 Å². The highest BCUT2D eigenvalue weighted by Crippen LogP contribution is 2.34. The number of phosphoric acid groups is 1. The molecule has 90 valence electrons. The highest BCUT2D eigenvalue weighted by molar-refractivity contribution is 7.98. The maximum absolute atomic E-state index is 10.3. The molecule has 4 atom stereocenters. The van der Waals surface area contributed by atoms with Gasteiger partial charge in [-0.1, -0.05) is 0 Å². The maximum atomic E-state index is 10.3. The average molecular weight is 258 g/mol. The fourth-order valence-corrected chi connectivity index (χ4v) is 2.26. The molecule has 1 saturated heterocycles. The van der Waals surface area contributed by atoms with E-state index < -0.39 is 32.4 Å². The Balaban J connectivity index is 2.59. The van der Waals surface area contributed by atoms with Gasteiger partial charge in [-0.15, -0.1) is 0 Å². The fraction of sp³-hybridized carbons (Fsp3) is 1.00. The third kappa shape index (κ3) is 3.69. The first-order chi connectivity index (χ1) is 6.85. The number of aliphatic hydroxyl groups excluding tert-OH is 2. The van der Waals surface area contributed by atoms with E-state index in [0.29, 0.717) is 5.75 Å². The number of hydrogen-bond acceptors (Lipinski definition) is 8. The zero-order valence-electron chi connectivity index (χ0n) is 7.81. The Morgan fingerprint density at radius 3 is 2.53 bits per heavy atom. The van der Waals surface area contributed by atoms with Crippen LogP contribution in [0.4, 0.5) is 0 Å². The van der Waals surface area contributed by atoms with Gasteiger partial charge < -0.3 is 33.8 Å². The van der Waals surface area contributed by atoms with Crippen molar-refractivity contribution >= 4 is 19.6 Å². The predicted molar refractivity (Wildman–Crippen MR) is 47.7 cm³/mol. The molecular weight excluding hydrogens is 247 g/mol. The van der Waals surface area contributed by atoms with Gasteiger partial charge in [0, 0.05) is 5.75 Å². The largest absolute Gasteiger partial charge is 0.790 e. The molecule has 1 rings (SSSR count). The highest BCUT2D eigenvalue weighted by Gasteiger charge is 2.43. The van der Waals surface area contributed by atoms with Gasteiger partial charge in [0.25, 0.3) is 0 Å². The van der Waals surface area contributed by atoms with Gasteiger partial charge in [0.15, 0.2) is 6.29 Å². The summed E-state index contributed by atoms with van der Waals surface area (Å²) in [4.78, 5) is 20.6. The molecular formula is C6H11O7PS-2. The lowest BCUT2D eigenvalue weighted by Gasteiger charge is -2.32. The summed E-state index contributed by atoms with van der Waals surface area (Å²) in [5.41, 5.74) is 0. The lowest BCUT2D eigenvalue weighted by molar-refractivity contribution is -0.354. The molecule has 0 aromatic carbocycles. The van der Waals surface area contributed by atoms with Crippen molar-refractivity contribution in [3.05, 3.63) is 0 Å². The summed E-state index contributed by atoms with van der Waals surface area (Å²) in [6, 6.07) is 0. The van der Waals surface area contributed by atoms with Crippen molar-refractivity contribution in [3.8, 4) is 0 Å². The Bertz CT molecular complexity index is 256. The van der Waals surface area contributed by atoms with E-state index in [0.717, 1.165) is 0 Å². The van der Waals surface area contributed by atoms with E-state index in [2.05, 4.69) is 4.52 Å². The number of aliphatic hydroxyl groups is 2. The van der Waals surface area contributed by atoms with Crippen molar-refractivity contribution in [2.75, 3.05) is 12.0 Å². The minimum Gasteiger partial charge on any atom is -0.790 e. The van der Waals surface area contributed by atoms with Crippen molar-refractivity contribution in [1.29, 1.82) is 0 Å². The monoisotopic (exact) mass is 258 g/mol. The number of ether oxygens (including phenoxy) is 1. The third-order valence-electron chi connectivity index (χ3n) is 1.88. The molecule has 0 aromatic heterocycles. The van der Waals surface area contributed by atoms with Crippen LogP contribution in [0.2, 0.25) is 0 Å². The molecule has 0 bridgehead atoms. The van der Waals surface area contributed by atoms with E-state index in [1.54, 1.807) is 6.26 Å². The summed E-state index contributed by atoms with van der Waals surface area (Å²) in [7, 11) is -5.23. The fourth-order valence-electron chi connectivity index (χ4n) is 1.23. The standard InChI is InChI=1S/C6H13O7PS/c1-15-2-3-4(7)5(8)6(12-3)13-14(9,10)11/h3-8H,2H2,1H3,(H2,9,10,11)/p-2/t3-,4?,5+,6+/m1/s1. The molecule has 0 aliphatic carbocycles. The number of rotatable bonds is 4. The van der Waals surface area contributed by atoms with Gasteiger partial charge in [-0.05, 0) is 6.26 Å². The normalized spacial score (nSPS) is 37.1. The van der Waals surface area contributed by atoms with Crippen LogP contribution in [0, 0.1) is 0 Å². The van der Waals surface area contributed by atoms with Crippen LogP contribution >= 0.6 is 19.6 Å². The molecule has 0 amide bonds. The minimum absolute atomic E-state index is 0.361. The second-order valence-electron chi connectivity index (χ2n) is 3.03. The summed E-state index contributed by atoms with van der Waals surface area (Å²) in [5, 5.41) is 18.7. The molecule has 0 aromatic rings. The first-order valence-electron chi connectivity index (χ1n) is 4.06. The van der Waals surface area contributed by atoms with Crippen LogP contribution in [-0.2, 0) is 13.8 Å². The van der Waals surface area contributed by atoms with Crippen LogP contribution in [0.15, 0.2) is 0 Å². The summed E-state index contributed by atoms with van der Waals surface area (Å²) < 4.78 is 19.1. The van der Waals surface area contributed by atoms with Gasteiger partial charge in [-0.3, -0.25) is 0 Å². The number of thioether (sulfide) groups is 1. The predicted octanol–water partition coefficient (Wildman–Crippen LogP) is -2.36. The topological polar surface area (TPSA) is 122 Å². The van der Waals surface area contributed by atoms with Gasteiger partial charge >= 0.3 is 0 Å². The zero-order valence-corrected chi connectivity index (χ0v) is 9.52. The molecule has 1 heterocycles. The molecule has 9 heteroatoms. The van der Waals surface area contributed by atoms with Crippen LogP contribution < -0.4 is 9.79 Å². The third-order valence-corrected chi connectivity index (χ3v) is 3.01. The summed E-state index contributed by atoms with van der Waals surface area (Å²) in [6.45, 7) is 0. The SMILES string of the molecule is CSC[C@H]1O[C@@H](OP(=O)([O-])[O-])[C@@H](O)C1O. The Labute approximate surface area is 90.6 Å². The Morgan fingerprint density at radius 2 is 2.07 bits per heavy atom. The van der Waals surface area contributed by atoms with Gasteiger partial charge in [0.05, 0.1) is 13.9 Å². The first-order valence-corrected chi connectivity index (χ1v) is 6.91. The highest BCUT2D eigenvalue weighted by atomic mass is 32.2. The number of phosphoric ester groups is 1. The van der Waals surface area contributed by atoms with E-state index in [4.69, 9.17) is 4.74 Å². The van der Waals surface area contributed by atoms with Crippen LogP contribution in [0.5, 0.6) is 0 Å². The molecule has 1 fully saturated rings. The van der Waals surface area contributed by atoms with E-state index >= 15 is 0 Å². The van der Waals surface area contributed by atoms with Crippen LogP contribution in [0.1, 0.15) is 0 Å². The smallest absolute Gasteiger partial charge is 0.191 e. The Morgan fingerprint density at radius 1 is 1.47 bits per heavy atom. The van der Waals surface area contributed by atoms with Crippen LogP contribution in [0.25, 0.3) is 0 Å². The summed E-state index contributed by atoms with van der Waals surface area (Å²) >= 11 is 1.35. The van der Waals surface area contributed by atoms with E-state index in [-0.39, 0.29) is 0 Å². The first kappa shape index (κ1) is 13.4. The molecule has 0 radical (unpaired) electrons. The molecule has 0 spiro atoms.